The van der Waals surface area contributed by atoms with Gasteiger partial charge in [-0.15, -0.1) is 0 Å². The van der Waals surface area contributed by atoms with Crippen molar-refractivity contribution in [1.29, 1.82) is 0 Å². The third kappa shape index (κ3) is 4.32. The number of methoxy groups -OCH3 is 1. The number of aryl methyl sites for hydroxylation is 1. The summed E-state index contributed by atoms with van der Waals surface area (Å²) in [6.45, 7) is 1.89. The van der Waals surface area contributed by atoms with Gasteiger partial charge in [-0.05, 0) is 37.3 Å². The molecular weight excluding hydrogens is 359 g/mol. The first-order chi connectivity index (χ1) is 12.0. The molecule has 25 heavy (non-hydrogen) atoms. The third-order valence-electron chi connectivity index (χ3n) is 3.40. The van der Waals surface area contributed by atoms with Crippen LogP contribution in [0.2, 0.25) is 10.0 Å². The second kappa shape index (κ2) is 7.59. The number of anilines is 4. The van der Waals surface area contributed by atoms with E-state index in [0.717, 1.165) is 11.4 Å². The Morgan fingerprint density at radius 1 is 0.920 bits per heavy atom. The summed E-state index contributed by atoms with van der Waals surface area (Å²) in [5.41, 5.74) is 2.26. The van der Waals surface area contributed by atoms with Crippen LogP contribution in [0.5, 0.6) is 5.75 Å². The highest BCUT2D eigenvalue weighted by molar-refractivity contribution is 6.33. The molecule has 0 spiro atoms. The Bertz CT molecular complexity index is 902. The van der Waals surface area contributed by atoms with Crippen LogP contribution in [0.25, 0.3) is 0 Å². The molecule has 2 N–H and O–H groups in total. The van der Waals surface area contributed by atoms with E-state index in [1.54, 1.807) is 25.3 Å². The molecule has 1 aromatic heterocycles. The number of rotatable bonds is 5. The first-order valence-corrected chi connectivity index (χ1v) is 8.28. The molecule has 0 amide bonds. The Morgan fingerprint density at radius 2 is 1.72 bits per heavy atom. The average Bonchev–Trinajstić information content (AvgIpc) is 2.57. The minimum atomic E-state index is 0.426. The van der Waals surface area contributed by atoms with Crippen molar-refractivity contribution in [3.05, 3.63) is 64.3 Å². The molecule has 0 saturated heterocycles. The molecule has 0 aliphatic heterocycles. The lowest BCUT2D eigenvalue weighted by Gasteiger charge is -2.13. The first-order valence-electron chi connectivity index (χ1n) is 7.53. The standard InChI is InChI=1S/C18H16Cl2N4O/c1-11-9-17(22-14-6-4-3-5-13(14)20)24-18(21-11)23-15-10-12(19)7-8-16(15)25-2/h3-10H,1-2H3,(H2,21,22,23,24). The van der Waals surface area contributed by atoms with Crippen molar-refractivity contribution in [2.45, 2.75) is 6.92 Å². The van der Waals surface area contributed by atoms with Crippen molar-refractivity contribution < 1.29 is 4.74 Å². The number of aromatic nitrogens is 2. The number of nitrogens with zero attached hydrogens (tertiary/aromatic N) is 2. The molecule has 3 rings (SSSR count). The third-order valence-corrected chi connectivity index (χ3v) is 3.96. The normalized spacial score (nSPS) is 10.4. The Morgan fingerprint density at radius 3 is 2.48 bits per heavy atom. The Balaban J connectivity index is 1.90. The summed E-state index contributed by atoms with van der Waals surface area (Å²) >= 11 is 12.3. The fourth-order valence-corrected chi connectivity index (χ4v) is 2.64. The zero-order chi connectivity index (χ0) is 17.8. The highest BCUT2D eigenvalue weighted by Gasteiger charge is 2.09. The van der Waals surface area contributed by atoms with E-state index in [9.17, 15) is 0 Å². The van der Waals surface area contributed by atoms with E-state index in [4.69, 9.17) is 27.9 Å². The van der Waals surface area contributed by atoms with Crippen LogP contribution in [0.1, 0.15) is 5.69 Å². The molecule has 0 aliphatic rings. The van der Waals surface area contributed by atoms with Gasteiger partial charge in [-0.3, -0.25) is 0 Å². The van der Waals surface area contributed by atoms with Gasteiger partial charge in [0.15, 0.2) is 0 Å². The van der Waals surface area contributed by atoms with E-state index in [0.29, 0.717) is 33.2 Å². The fourth-order valence-electron chi connectivity index (χ4n) is 2.29. The fraction of sp³-hybridized carbons (Fsp3) is 0.111. The van der Waals surface area contributed by atoms with Crippen molar-refractivity contribution in [3.63, 3.8) is 0 Å². The number of hydrogen-bond acceptors (Lipinski definition) is 5. The quantitative estimate of drug-likeness (QED) is 0.609. The zero-order valence-corrected chi connectivity index (χ0v) is 15.2. The van der Waals surface area contributed by atoms with Crippen molar-refractivity contribution in [3.8, 4) is 5.75 Å². The van der Waals surface area contributed by atoms with Crippen LogP contribution in [0.3, 0.4) is 0 Å². The number of para-hydroxylation sites is 1. The summed E-state index contributed by atoms with van der Waals surface area (Å²) < 4.78 is 5.33. The molecule has 1 heterocycles. The van der Waals surface area contributed by atoms with Gasteiger partial charge in [0.25, 0.3) is 0 Å². The largest absolute Gasteiger partial charge is 0.495 e. The second-order valence-corrected chi connectivity index (χ2v) is 6.14. The number of nitrogens with one attached hydrogen (secondary N) is 2. The van der Waals surface area contributed by atoms with Gasteiger partial charge >= 0.3 is 0 Å². The summed E-state index contributed by atoms with van der Waals surface area (Å²) in [5, 5.41) is 7.54. The van der Waals surface area contributed by atoms with Crippen LogP contribution < -0.4 is 15.4 Å². The van der Waals surface area contributed by atoms with Crippen molar-refractivity contribution in [1.82, 2.24) is 9.97 Å². The lowest BCUT2D eigenvalue weighted by atomic mass is 10.3. The summed E-state index contributed by atoms with van der Waals surface area (Å²) in [5.74, 6) is 1.70. The maximum absolute atomic E-state index is 6.19. The molecule has 2 aromatic carbocycles. The van der Waals surface area contributed by atoms with Crippen LogP contribution in [0.4, 0.5) is 23.1 Å². The molecule has 3 aromatic rings. The molecule has 0 saturated carbocycles. The van der Waals surface area contributed by atoms with Gasteiger partial charge in [0.2, 0.25) is 5.95 Å². The van der Waals surface area contributed by atoms with Crippen LogP contribution in [-0.2, 0) is 0 Å². The monoisotopic (exact) mass is 374 g/mol. The van der Waals surface area contributed by atoms with E-state index in [1.165, 1.54) is 0 Å². The number of benzene rings is 2. The van der Waals surface area contributed by atoms with Crippen molar-refractivity contribution >= 4 is 46.3 Å². The predicted molar refractivity (Wildman–Crippen MR) is 103 cm³/mol. The predicted octanol–water partition coefficient (Wildman–Crippen LogP) is 5.59. The van der Waals surface area contributed by atoms with E-state index >= 15 is 0 Å². The van der Waals surface area contributed by atoms with Crippen molar-refractivity contribution in [2.75, 3.05) is 17.7 Å². The second-order valence-electron chi connectivity index (χ2n) is 5.29. The van der Waals surface area contributed by atoms with E-state index < -0.39 is 0 Å². The number of halogens is 2. The van der Waals surface area contributed by atoms with Gasteiger partial charge in [-0.25, -0.2) is 4.98 Å². The minimum Gasteiger partial charge on any atom is -0.495 e. The van der Waals surface area contributed by atoms with Crippen LogP contribution in [0, 0.1) is 6.92 Å². The number of ether oxygens (including phenoxy) is 1. The van der Waals surface area contributed by atoms with Gasteiger partial charge in [0.1, 0.15) is 11.6 Å². The lowest BCUT2D eigenvalue weighted by Crippen LogP contribution is -2.03. The molecule has 0 aliphatic carbocycles. The highest BCUT2D eigenvalue weighted by atomic mass is 35.5. The van der Waals surface area contributed by atoms with Crippen LogP contribution in [-0.4, -0.2) is 17.1 Å². The summed E-state index contributed by atoms with van der Waals surface area (Å²) in [4.78, 5) is 8.88. The maximum atomic E-state index is 6.19. The van der Waals surface area contributed by atoms with E-state index in [2.05, 4.69) is 20.6 Å². The van der Waals surface area contributed by atoms with Gasteiger partial charge in [0, 0.05) is 16.8 Å². The average molecular weight is 375 g/mol. The molecule has 0 atom stereocenters. The Hall–Kier alpha value is -2.50. The SMILES string of the molecule is COc1ccc(Cl)cc1Nc1nc(C)cc(Nc2ccccc2Cl)n1. The minimum absolute atomic E-state index is 0.426. The first kappa shape index (κ1) is 17.3. The van der Waals surface area contributed by atoms with Gasteiger partial charge in [0.05, 0.1) is 23.5 Å². The summed E-state index contributed by atoms with van der Waals surface area (Å²) in [6.07, 6.45) is 0. The van der Waals surface area contributed by atoms with Gasteiger partial charge < -0.3 is 15.4 Å². The Labute approximate surface area is 156 Å². The topological polar surface area (TPSA) is 59.1 Å². The Kier molecular flexibility index (Phi) is 5.26. The lowest BCUT2D eigenvalue weighted by molar-refractivity contribution is 0.417. The molecule has 7 heteroatoms. The molecule has 0 bridgehead atoms. The molecule has 0 unspecified atom stereocenters. The molecular formula is C18H16Cl2N4O. The van der Waals surface area contributed by atoms with E-state index in [-0.39, 0.29) is 0 Å². The van der Waals surface area contributed by atoms with Crippen LogP contribution >= 0.6 is 23.2 Å². The summed E-state index contributed by atoms with van der Waals surface area (Å²) in [6, 6.07) is 14.6. The van der Waals surface area contributed by atoms with Gasteiger partial charge in [-0.1, -0.05) is 35.3 Å². The smallest absolute Gasteiger partial charge is 0.229 e. The van der Waals surface area contributed by atoms with E-state index in [1.807, 2.05) is 37.3 Å². The highest BCUT2D eigenvalue weighted by Crippen LogP contribution is 2.30. The molecule has 5 nitrogen and oxygen atoms in total. The summed E-state index contributed by atoms with van der Waals surface area (Å²) in [7, 11) is 1.59. The van der Waals surface area contributed by atoms with Crippen LogP contribution in [0.15, 0.2) is 48.5 Å². The molecule has 0 radical (unpaired) electrons. The van der Waals surface area contributed by atoms with Crippen molar-refractivity contribution in [2.24, 2.45) is 0 Å². The molecule has 0 fully saturated rings. The zero-order valence-electron chi connectivity index (χ0n) is 13.7. The maximum Gasteiger partial charge on any atom is 0.229 e. The molecule has 128 valence electrons. The number of hydrogen-bond donors (Lipinski definition) is 2. The van der Waals surface area contributed by atoms with Gasteiger partial charge in [-0.2, -0.15) is 4.98 Å².